The summed E-state index contributed by atoms with van der Waals surface area (Å²) >= 11 is 0. The molecule has 1 aromatic carbocycles. The number of hydrogen-bond acceptors (Lipinski definition) is 5. The van der Waals surface area contributed by atoms with Crippen LogP contribution in [-0.4, -0.2) is 30.1 Å². The van der Waals surface area contributed by atoms with E-state index in [1.54, 1.807) is 35.4 Å². The number of phenolic OH excluding ortho intramolecular Hbond substituents is 1. The molecule has 6 nitrogen and oxygen atoms in total. The van der Waals surface area contributed by atoms with Gasteiger partial charge >= 0.3 is 0 Å². The van der Waals surface area contributed by atoms with E-state index in [1.807, 2.05) is 30.3 Å². The molecule has 0 aliphatic heterocycles. The molecule has 0 fully saturated rings. The summed E-state index contributed by atoms with van der Waals surface area (Å²) in [6.07, 6.45) is 5.17. The maximum absolute atomic E-state index is 9.91. The Labute approximate surface area is 125 Å². The van der Waals surface area contributed by atoms with Crippen molar-refractivity contribution in [2.75, 3.05) is 0 Å². The van der Waals surface area contributed by atoms with Crippen molar-refractivity contribution in [3.63, 3.8) is 0 Å². The summed E-state index contributed by atoms with van der Waals surface area (Å²) in [6, 6.07) is 12.7. The van der Waals surface area contributed by atoms with Crippen LogP contribution in [0, 0.1) is 0 Å². The van der Waals surface area contributed by atoms with Gasteiger partial charge in [0.15, 0.2) is 0 Å². The Kier molecular flexibility index (Phi) is 2.79. The largest absolute Gasteiger partial charge is 0.506 e. The Morgan fingerprint density at radius 3 is 2.64 bits per heavy atom. The van der Waals surface area contributed by atoms with Crippen LogP contribution >= 0.6 is 0 Å². The zero-order valence-electron chi connectivity index (χ0n) is 11.5. The zero-order chi connectivity index (χ0) is 14.9. The van der Waals surface area contributed by atoms with Gasteiger partial charge in [-0.15, -0.1) is 5.10 Å². The zero-order valence-corrected chi connectivity index (χ0v) is 11.5. The van der Waals surface area contributed by atoms with Gasteiger partial charge in [0.25, 0.3) is 0 Å². The average molecular weight is 289 g/mol. The standard InChI is InChI=1S/C16H11N5O/c22-15-7-6-14(11-4-3-9-18-16(11)15)21-10-13(19-20-21)12-5-1-2-8-17-12/h1-10,22H. The molecule has 4 rings (SSSR count). The van der Waals surface area contributed by atoms with Crippen molar-refractivity contribution in [3.8, 4) is 22.8 Å². The first-order valence-corrected chi connectivity index (χ1v) is 6.74. The topological polar surface area (TPSA) is 76.7 Å². The van der Waals surface area contributed by atoms with Crippen molar-refractivity contribution in [1.82, 2.24) is 25.0 Å². The first-order chi connectivity index (χ1) is 10.8. The van der Waals surface area contributed by atoms with Gasteiger partial charge in [0.1, 0.15) is 17.0 Å². The molecular weight excluding hydrogens is 278 g/mol. The lowest BCUT2D eigenvalue weighted by Gasteiger charge is -2.06. The van der Waals surface area contributed by atoms with E-state index in [1.165, 1.54) is 0 Å². The monoisotopic (exact) mass is 289 g/mol. The van der Waals surface area contributed by atoms with E-state index < -0.39 is 0 Å². The molecule has 0 amide bonds. The maximum atomic E-state index is 9.91. The molecular formula is C16H11N5O. The van der Waals surface area contributed by atoms with Crippen LogP contribution in [0.2, 0.25) is 0 Å². The number of fused-ring (bicyclic) bond motifs is 1. The molecule has 0 radical (unpaired) electrons. The number of aromatic nitrogens is 5. The summed E-state index contributed by atoms with van der Waals surface area (Å²) in [5.41, 5.74) is 2.78. The number of aromatic hydroxyl groups is 1. The first-order valence-electron chi connectivity index (χ1n) is 6.74. The molecule has 0 bridgehead atoms. The highest BCUT2D eigenvalue weighted by Crippen LogP contribution is 2.28. The molecule has 6 heteroatoms. The highest BCUT2D eigenvalue weighted by atomic mass is 16.3. The Morgan fingerprint density at radius 2 is 1.77 bits per heavy atom. The van der Waals surface area contributed by atoms with Gasteiger partial charge in [0, 0.05) is 17.8 Å². The van der Waals surface area contributed by atoms with Crippen molar-refractivity contribution in [2.45, 2.75) is 0 Å². The highest BCUT2D eigenvalue weighted by Gasteiger charge is 2.11. The van der Waals surface area contributed by atoms with Crippen molar-refractivity contribution in [1.29, 1.82) is 0 Å². The molecule has 0 saturated carbocycles. The molecule has 22 heavy (non-hydrogen) atoms. The fourth-order valence-corrected chi connectivity index (χ4v) is 2.36. The third-order valence-corrected chi connectivity index (χ3v) is 3.39. The minimum absolute atomic E-state index is 0.143. The summed E-state index contributed by atoms with van der Waals surface area (Å²) in [6.45, 7) is 0. The molecule has 0 spiro atoms. The third-order valence-electron chi connectivity index (χ3n) is 3.39. The van der Waals surface area contributed by atoms with Crippen molar-refractivity contribution < 1.29 is 5.11 Å². The lowest BCUT2D eigenvalue weighted by atomic mass is 10.1. The Morgan fingerprint density at radius 1 is 0.864 bits per heavy atom. The van der Waals surface area contributed by atoms with E-state index in [4.69, 9.17) is 0 Å². The van der Waals surface area contributed by atoms with Gasteiger partial charge in [-0.25, -0.2) is 4.68 Å². The summed E-state index contributed by atoms with van der Waals surface area (Å²) in [4.78, 5) is 8.47. The molecule has 106 valence electrons. The first kappa shape index (κ1) is 12.5. The summed E-state index contributed by atoms with van der Waals surface area (Å²) in [5, 5.41) is 19.0. The fourth-order valence-electron chi connectivity index (χ4n) is 2.36. The van der Waals surface area contributed by atoms with Gasteiger partial charge in [0.05, 0.1) is 17.6 Å². The van der Waals surface area contributed by atoms with Gasteiger partial charge in [-0.3, -0.25) is 9.97 Å². The normalized spacial score (nSPS) is 10.9. The molecule has 0 saturated heterocycles. The Balaban J connectivity index is 1.87. The number of nitrogens with zero attached hydrogens (tertiary/aromatic N) is 5. The molecule has 4 aromatic rings. The summed E-state index contributed by atoms with van der Waals surface area (Å²) in [7, 11) is 0. The predicted molar refractivity (Wildman–Crippen MR) is 81.6 cm³/mol. The van der Waals surface area contributed by atoms with Gasteiger partial charge in [-0.2, -0.15) is 0 Å². The van der Waals surface area contributed by atoms with Gasteiger partial charge in [-0.05, 0) is 36.4 Å². The van der Waals surface area contributed by atoms with Crippen LogP contribution in [0.15, 0.2) is 61.1 Å². The van der Waals surface area contributed by atoms with E-state index >= 15 is 0 Å². The maximum Gasteiger partial charge on any atom is 0.141 e. The predicted octanol–water partition coefficient (Wildman–Crippen LogP) is 2.58. The van der Waals surface area contributed by atoms with Crippen LogP contribution in [0.1, 0.15) is 0 Å². The van der Waals surface area contributed by atoms with Crippen molar-refractivity contribution in [2.24, 2.45) is 0 Å². The van der Waals surface area contributed by atoms with Crippen LogP contribution in [0.25, 0.3) is 28.0 Å². The van der Waals surface area contributed by atoms with Crippen LogP contribution in [0.3, 0.4) is 0 Å². The van der Waals surface area contributed by atoms with Crippen molar-refractivity contribution >= 4 is 10.9 Å². The Hall–Kier alpha value is -3.28. The number of hydrogen-bond donors (Lipinski definition) is 1. The SMILES string of the molecule is Oc1ccc(-n2cc(-c3ccccn3)nn2)c2cccnc12. The van der Waals surface area contributed by atoms with Gasteiger partial charge in [0.2, 0.25) is 0 Å². The molecule has 0 unspecified atom stereocenters. The molecule has 3 aromatic heterocycles. The summed E-state index contributed by atoms with van der Waals surface area (Å²) in [5.74, 6) is 0.143. The fraction of sp³-hybridized carbons (Fsp3) is 0. The highest BCUT2D eigenvalue weighted by molar-refractivity contribution is 5.91. The third kappa shape index (κ3) is 1.98. The second-order valence-corrected chi connectivity index (χ2v) is 4.77. The minimum Gasteiger partial charge on any atom is -0.506 e. The lowest BCUT2D eigenvalue weighted by Crippen LogP contribution is -1.96. The van der Waals surface area contributed by atoms with Gasteiger partial charge < -0.3 is 5.11 Å². The second kappa shape index (κ2) is 4.92. The molecule has 1 N–H and O–H groups in total. The van der Waals surface area contributed by atoms with E-state index in [-0.39, 0.29) is 5.75 Å². The number of rotatable bonds is 2. The molecule has 3 heterocycles. The minimum atomic E-state index is 0.143. The quantitative estimate of drug-likeness (QED) is 0.613. The lowest BCUT2D eigenvalue weighted by molar-refractivity contribution is 0.480. The van der Waals surface area contributed by atoms with E-state index in [9.17, 15) is 5.11 Å². The van der Waals surface area contributed by atoms with Crippen LogP contribution in [-0.2, 0) is 0 Å². The number of phenols is 1. The Bertz CT molecular complexity index is 949. The summed E-state index contributed by atoms with van der Waals surface area (Å²) < 4.78 is 1.66. The molecule has 0 atom stereocenters. The molecule has 0 aliphatic carbocycles. The van der Waals surface area contributed by atoms with E-state index in [0.29, 0.717) is 11.2 Å². The van der Waals surface area contributed by atoms with Crippen LogP contribution in [0.4, 0.5) is 0 Å². The van der Waals surface area contributed by atoms with Gasteiger partial charge in [-0.1, -0.05) is 11.3 Å². The second-order valence-electron chi connectivity index (χ2n) is 4.77. The molecule has 0 aliphatic rings. The number of pyridine rings is 2. The average Bonchev–Trinajstić information content (AvgIpc) is 3.06. The van der Waals surface area contributed by atoms with Crippen LogP contribution in [0.5, 0.6) is 5.75 Å². The van der Waals surface area contributed by atoms with E-state index in [0.717, 1.165) is 16.8 Å². The smallest absolute Gasteiger partial charge is 0.141 e. The number of benzene rings is 1. The van der Waals surface area contributed by atoms with Crippen LogP contribution < -0.4 is 0 Å². The van der Waals surface area contributed by atoms with Crippen molar-refractivity contribution in [3.05, 3.63) is 61.1 Å². The van der Waals surface area contributed by atoms with E-state index in [2.05, 4.69) is 20.3 Å².